The van der Waals surface area contributed by atoms with Crippen LogP contribution in [0.3, 0.4) is 0 Å². The van der Waals surface area contributed by atoms with E-state index in [9.17, 15) is 19.1 Å². The van der Waals surface area contributed by atoms with Crippen LogP contribution in [-0.2, 0) is 22.6 Å². The minimum Gasteiger partial charge on any atom is -0.480 e. The molecule has 0 spiro atoms. The Bertz CT molecular complexity index is 1130. The van der Waals surface area contributed by atoms with Crippen molar-refractivity contribution in [3.63, 3.8) is 0 Å². The molecule has 0 bridgehead atoms. The molecule has 0 aliphatic carbocycles. The van der Waals surface area contributed by atoms with Crippen molar-refractivity contribution in [1.29, 1.82) is 0 Å². The van der Waals surface area contributed by atoms with Gasteiger partial charge in [-0.05, 0) is 48.9 Å². The summed E-state index contributed by atoms with van der Waals surface area (Å²) in [6.07, 6.45) is -0.241. The van der Waals surface area contributed by atoms with Gasteiger partial charge < -0.3 is 10.4 Å². The first-order chi connectivity index (χ1) is 14.6. The van der Waals surface area contributed by atoms with Crippen molar-refractivity contribution in [2.45, 2.75) is 25.9 Å². The maximum atomic E-state index is 13.8. The number of carbonyl (C=O) groups excluding carboxylic acids is 1. The number of aliphatic carboxylic acids is 1. The lowest BCUT2D eigenvalue weighted by Gasteiger charge is -2.10. The Hall–Kier alpha value is -2.68. The largest absolute Gasteiger partial charge is 0.480 e. The maximum Gasteiger partial charge on any atom is 0.328 e. The minimum absolute atomic E-state index is 0.0668. The van der Waals surface area contributed by atoms with Crippen molar-refractivity contribution < 1.29 is 19.1 Å². The van der Waals surface area contributed by atoms with Gasteiger partial charge in [0.25, 0.3) is 0 Å². The van der Waals surface area contributed by atoms with Crippen LogP contribution in [0.1, 0.15) is 24.4 Å². The molecule has 0 aliphatic rings. The van der Waals surface area contributed by atoms with Crippen LogP contribution in [-0.4, -0.2) is 31.7 Å². The number of carboxylic acid groups (broad SMARTS) is 1. The molecule has 0 aliphatic heterocycles. The van der Waals surface area contributed by atoms with Gasteiger partial charge in [-0.15, -0.1) is 5.10 Å². The summed E-state index contributed by atoms with van der Waals surface area (Å²) in [4.78, 5) is 28.2. The highest BCUT2D eigenvalue weighted by Crippen LogP contribution is 2.24. The van der Waals surface area contributed by atoms with Gasteiger partial charge in [0.05, 0.1) is 11.4 Å². The van der Waals surface area contributed by atoms with E-state index in [1.807, 2.05) is 0 Å². The number of aromatic nitrogens is 3. The normalized spacial score (nSPS) is 11.9. The summed E-state index contributed by atoms with van der Waals surface area (Å²) in [5.74, 6) is -2.05. The molecule has 0 fully saturated rings. The number of hydrogen-bond donors (Lipinski definition) is 2. The number of benzene rings is 2. The molecule has 0 saturated carbocycles. The van der Waals surface area contributed by atoms with Crippen molar-refractivity contribution in [1.82, 2.24) is 20.1 Å². The average Bonchev–Trinajstić information content (AvgIpc) is 3.10. The highest BCUT2D eigenvalue weighted by molar-refractivity contribution is 6.34. The predicted molar refractivity (Wildman–Crippen MR) is 115 cm³/mol. The Balaban J connectivity index is 1.82. The Morgan fingerprint density at radius 1 is 1.16 bits per heavy atom. The van der Waals surface area contributed by atoms with Crippen LogP contribution in [0.15, 0.2) is 36.4 Å². The van der Waals surface area contributed by atoms with E-state index in [1.54, 1.807) is 18.2 Å². The van der Waals surface area contributed by atoms with E-state index < -0.39 is 23.7 Å². The molecule has 7 nitrogen and oxygen atoms in total. The van der Waals surface area contributed by atoms with Crippen LogP contribution >= 0.6 is 34.8 Å². The number of rotatable bonds is 7. The zero-order chi connectivity index (χ0) is 22.7. The molecular formula is C20H16Cl3FN4O3. The molecule has 31 heavy (non-hydrogen) atoms. The molecule has 3 rings (SSSR count). The third-order valence-electron chi connectivity index (χ3n) is 4.33. The summed E-state index contributed by atoms with van der Waals surface area (Å²) in [6, 6.07) is 7.80. The molecular weight excluding hydrogens is 470 g/mol. The highest BCUT2D eigenvalue weighted by Gasteiger charge is 2.23. The molecule has 1 aromatic heterocycles. The van der Waals surface area contributed by atoms with Crippen LogP contribution in [0.4, 0.5) is 4.39 Å². The van der Waals surface area contributed by atoms with Gasteiger partial charge in [-0.1, -0.05) is 34.8 Å². The van der Waals surface area contributed by atoms with Gasteiger partial charge >= 0.3 is 5.97 Å². The van der Waals surface area contributed by atoms with Crippen LogP contribution in [0.5, 0.6) is 0 Å². The van der Waals surface area contributed by atoms with E-state index in [0.717, 1.165) is 10.7 Å². The summed E-state index contributed by atoms with van der Waals surface area (Å²) in [5.41, 5.74) is 0.997. The molecule has 3 aromatic rings. The van der Waals surface area contributed by atoms with E-state index in [4.69, 9.17) is 34.8 Å². The number of amides is 1. The summed E-state index contributed by atoms with van der Waals surface area (Å²) < 4.78 is 14.9. The number of carbonyl (C=O) groups is 2. The van der Waals surface area contributed by atoms with E-state index in [-0.39, 0.29) is 29.6 Å². The smallest absolute Gasteiger partial charge is 0.328 e. The molecule has 1 atom stereocenters. The summed E-state index contributed by atoms with van der Waals surface area (Å²) >= 11 is 17.6. The first-order valence-corrected chi connectivity index (χ1v) is 10.1. The quantitative estimate of drug-likeness (QED) is 0.512. The van der Waals surface area contributed by atoms with Crippen LogP contribution in [0, 0.1) is 5.82 Å². The second kappa shape index (κ2) is 9.64. The van der Waals surface area contributed by atoms with E-state index in [0.29, 0.717) is 21.2 Å². The zero-order valence-corrected chi connectivity index (χ0v) is 18.3. The monoisotopic (exact) mass is 484 g/mol. The van der Waals surface area contributed by atoms with Gasteiger partial charge in [0.2, 0.25) is 5.91 Å². The van der Waals surface area contributed by atoms with Crippen molar-refractivity contribution in [2.75, 3.05) is 0 Å². The molecule has 1 unspecified atom stereocenters. The SMILES string of the molecule is CC(C(=O)O)n1nc(-c2ccc(Cl)c(F)c2)nc1CC(=O)NCc1cc(Cl)cc(Cl)c1. The Labute approximate surface area is 191 Å². The van der Waals surface area contributed by atoms with Gasteiger partial charge in [-0.3, -0.25) is 4.79 Å². The summed E-state index contributed by atoms with van der Waals surface area (Å²) in [5, 5.41) is 17.0. The van der Waals surface area contributed by atoms with Gasteiger partial charge in [0.1, 0.15) is 17.7 Å². The van der Waals surface area contributed by atoms with Gasteiger partial charge in [0, 0.05) is 22.2 Å². The van der Waals surface area contributed by atoms with Gasteiger partial charge in [-0.2, -0.15) is 0 Å². The number of halogens is 4. The maximum absolute atomic E-state index is 13.8. The van der Waals surface area contributed by atoms with Crippen molar-refractivity contribution in [3.05, 3.63) is 68.7 Å². The fourth-order valence-electron chi connectivity index (χ4n) is 2.77. The third-order valence-corrected chi connectivity index (χ3v) is 5.08. The molecule has 1 amide bonds. The second-order valence-electron chi connectivity index (χ2n) is 6.67. The summed E-state index contributed by atoms with van der Waals surface area (Å²) in [6.45, 7) is 1.57. The minimum atomic E-state index is -1.16. The summed E-state index contributed by atoms with van der Waals surface area (Å²) in [7, 11) is 0. The molecule has 0 radical (unpaired) electrons. The third kappa shape index (κ3) is 5.72. The lowest BCUT2D eigenvalue weighted by molar-refractivity contribution is -0.140. The second-order valence-corrected chi connectivity index (χ2v) is 7.95. The first-order valence-electron chi connectivity index (χ1n) is 8.99. The van der Waals surface area contributed by atoms with E-state index in [1.165, 1.54) is 19.1 Å². The topological polar surface area (TPSA) is 97.1 Å². The van der Waals surface area contributed by atoms with Crippen LogP contribution in [0.2, 0.25) is 15.1 Å². The molecule has 1 heterocycles. The molecule has 0 saturated heterocycles. The number of carboxylic acids is 1. The molecule has 11 heteroatoms. The Morgan fingerprint density at radius 2 is 1.84 bits per heavy atom. The van der Waals surface area contributed by atoms with E-state index >= 15 is 0 Å². The fraction of sp³-hybridized carbons (Fsp3) is 0.200. The highest BCUT2D eigenvalue weighted by atomic mass is 35.5. The average molecular weight is 486 g/mol. The van der Waals surface area contributed by atoms with Crippen molar-refractivity contribution in [2.24, 2.45) is 0 Å². The number of nitrogens with zero attached hydrogens (tertiary/aromatic N) is 3. The first kappa shape index (κ1) is 23.0. The fourth-order valence-corrected chi connectivity index (χ4v) is 3.46. The Morgan fingerprint density at radius 3 is 2.45 bits per heavy atom. The van der Waals surface area contributed by atoms with Crippen molar-refractivity contribution in [3.8, 4) is 11.4 Å². The molecule has 162 valence electrons. The van der Waals surface area contributed by atoms with Gasteiger partial charge in [0.15, 0.2) is 5.82 Å². The standard InChI is InChI=1S/C20H16Cl3FN4O3/c1-10(20(30)31)28-17(26-19(27-28)12-2-3-15(23)16(24)6-12)8-18(29)25-9-11-4-13(21)7-14(22)5-11/h2-7,10H,8-9H2,1H3,(H,25,29)(H,30,31). The van der Waals surface area contributed by atoms with Gasteiger partial charge in [-0.25, -0.2) is 18.9 Å². The molecule has 2 aromatic carbocycles. The number of nitrogens with one attached hydrogen (secondary N) is 1. The van der Waals surface area contributed by atoms with E-state index in [2.05, 4.69) is 15.4 Å². The zero-order valence-electron chi connectivity index (χ0n) is 16.1. The lowest BCUT2D eigenvalue weighted by atomic mass is 10.2. The lowest BCUT2D eigenvalue weighted by Crippen LogP contribution is -2.27. The predicted octanol–water partition coefficient (Wildman–Crippen LogP) is 4.55. The Kier molecular flexibility index (Phi) is 7.15. The van der Waals surface area contributed by atoms with Crippen molar-refractivity contribution >= 4 is 46.7 Å². The number of hydrogen-bond acceptors (Lipinski definition) is 4. The molecule has 2 N–H and O–H groups in total. The van der Waals surface area contributed by atoms with Crippen LogP contribution < -0.4 is 5.32 Å². The van der Waals surface area contributed by atoms with Crippen LogP contribution in [0.25, 0.3) is 11.4 Å².